The molecule has 5 nitrogen and oxygen atoms in total. The van der Waals surface area contributed by atoms with Gasteiger partial charge in [-0.1, -0.05) is 12.1 Å². The molecule has 114 valence electrons. The lowest BCUT2D eigenvalue weighted by atomic mass is 10.1. The van der Waals surface area contributed by atoms with Crippen molar-refractivity contribution < 1.29 is 4.42 Å². The zero-order valence-electron chi connectivity index (χ0n) is 12.8. The fourth-order valence-electron chi connectivity index (χ4n) is 3.55. The number of imidazole rings is 1. The number of aryl methyl sites for hydroxylation is 1. The van der Waals surface area contributed by atoms with Gasteiger partial charge in [0.1, 0.15) is 17.2 Å². The van der Waals surface area contributed by atoms with E-state index in [9.17, 15) is 0 Å². The van der Waals surface area contributed by atoms with Crippen LogP contribution in [0.1, 0.15) is 11.9 Å². The van der Waals surface area contributed by atoms with E-state index in [1.807, 2.05) is 24.4 Å². The molecule has 5 rings (SSSR count). The second-order valence-corrected chi connectivity index (χ2v) is 6.04. The van der Waals surface area contributed by atoms with Gasteiger partial charge in [0.25, 0.3) is 0 Å². The largest absolute Gasteiger partial charge is 0.464 e. The number of hydrogen-bond acceptors (Lipinski definition) is 4. The lowest BCUT2D eigenvalue weighted by molar-refractivity contribution is 0.400. The standard InChI is InChI=1S/C18H16N4O/c1-12-20-15-4-2-3-5-16(15)22(12)13-10-21(11-13)18-14-7-9-23-17(14)6-8-19-18/h2-9,13H,10-11H2,1H3. The molecule has 1 saturated heterocycles. The first-order valence-electron chi connectivity index (χ1n) is 7.82. The molecule has 0 amide bonds. The van der Waals surface area contributed by atoms with Crippen LogP contribution in [0.5, 0.6) is 0 Å². The molecule has 1 fully saturated rings. The quantitative estimate of drug-likeness (QED) is 0.568. The molecule has 23 heavy (non-hydrogen) atoms. The Bertz CT molecular complexity index is 1010. The Balaban J connectivity index is 1.48. The minimum absolute atomic E-state index is 0.436. The summed E-state index contributed by atoms with van der Waals surface area (Å²) in [5.41, 5.74) is 3.17. The molecule has 1 aromatic carbocycles. The summed E-state index contributed by atoms with van der Waals surface area (Å²) in [5, 5.41) is 1.08. The molecule has 0 radical (unpaired) electrons. The molecule has 0 bridgehead atoms. The number of benzene rings is 1. The van der Waals surface area contributed by atoms with Crippen molar-refractivity contribution >= 4 is 27.8 Å². The lowest BCUT2D eigenvalue weighted by Crippen LogP contribution is -2.48. The molecule has 5 heteroatoms. The maximum Gasteiger partial charge on any atom is 0.139 e. The second kappa shape index (κ2) is 4.59. The Kier molecular flexibility index (Phi) is 2.53. The van der Waals surface area contributed by atoms with Crippen molar-refractivity contribution in [3.05, 3.63) is 54.7 Å². The fourth-order valence-corrected chi connectivity index (χ4v) is 3.55. The number of pyridine rings is 1. The van der Waals surface area contributed by atoms with Gasteiger partial charge >= 0.3 is 0 Å². The highest BCUT2D eigenvalue weighted by molar-refractivity contribution is 5.88. The van der Waals surface area contributed by atoms with E-state index >= 15 is 0 Å². The van der Waals surface area contributed by atoms with E-state index in [0.717, 1.165) is 41.2 Å². The summed E-state index contributed by atoms with van der Waals surface area (Å²) in [6.07, 6.45) is 3.53. The number of fused-ring (bicyclic) bond motifs is 2. The van der Waals surface area contributed by atoms with Crippen molar-refractivity contribution in [3.8, 4) is 0 Å². The lowest BCUT2D eigenvalue weighted by Gasteiger charge is -2.41. The van der Waals surface area contributed by atoms with Crippen LogP contribution in [0, 0.1) is 6.92 Å². The number of rotatable bonds is 2. The maximum atomic E-state index is 5.47. The highest BCUT2D eigenvalue weighted by Gasteiger charge is 2.32. The van der Waals surface area contributed by atoms with E-state index in [2.05, 4.69) is 44.6 Å². The molecule has 1 aliphatic rings. The van der Waals surface area contributed by atoms with Gasteiger partial charge in [-0.3, -0.25) is 0 Å². The van der Waals surface area contributed by atoms with Crippen molar-refractivity contribution in [2.24, 2.45) is 0 Å². The minimum atomic E-state index is 0.436. The van der Waals surface area contributed by atoms with Crippen molar-refractivity contribution in [2.45, 2.75) is 13.0 Å². The van der Waals surface area contributed by atoms with E-state index < -0.39 is 0 Å². The van der Waals surface area contributed by atoms with Gasteiger partial charge in [0.15, 0.2) is 0 Å². The maximum absolute atomic E-state index is 5.47. The van der Waals surface area contributed by atoms with Crippen LogP contribution in [0.3, 0.4) is 0 Å². The third kappa shape index (κ3) is 1.79. The summed E-state index contributed by atoms with van der Waals surface area (Å²) in [6, 6.07) is 12.7. The Morgan fingerprint density at radius 2 is 2.00 bits per heavy atom. The highest BCUT2D eigenvalue weighted by atomic mass is 16.3. The molecule has 0 N–H and O–H groups in total. The van der Waals surface area contributed by atoms with Gasteiger partial charge in [-0.15, -0.1) is 0 Å². The number of anilines is 1. The van der Waals surface area contributed by atoms with Crippen LogP contribution in [0.15, 0.2) is 53.3 Å². The van der Waals surface area contributed by atoms with Crippen LogP contribution in [-0.4, -0.2) is 27.6 Å². The highest BCUT2D eigenvalue weighted by Crippen LogP contribution is 2.34. The monoisotopic (exact) mass is 304 g/mol. The topological polar surface area (TPSA) is 47.1 Å². The Morgan fingerprint density at radius 1 is 1.13 bits per heavy atom. The average molecular weight is 304 g/mol. The Labute approximate surface area is 133 Å². The number of nitrogens with zero attached hydrogens (tertiary/aromatic N) is 4. The smallest absolute Gasteiger partial charge is 0.139 e. The summed E-state index contributed by atoms with van der Waals surface area (Å²) >= 11 is 0. The molecule has 4 aromatic rings. The van der Waals surface area contributed by atoms with Crippen LogP contribution in [-0.2, 0) is 0 Å². The molecule has 0 unspecified atom stereocenters. The summed E-state index contributed by atoms with van der Waals surface area (Å²) in [5.74, 6) is 2.08. The van der Waals surface area contributed by atoms with Gasteiger partial charge in [-0.2, -0.15) is 0 Å². The van der Waals surface area contributed by atoms with Gasteiger partial charge in [0, 0.05) is 19.3 Å². The summed E-state index contributed by atoms with van der Waals surface area (Å²) in [4.78, 5) is 11.5. The van der Waals surface area contributed by atoms with Gasteiger partial charge in [-0.25, -0.2) is 9.97 Å². The van der Waals surface area contributed by atoms with Crippen LogP contribution >= 0.6 is 0 Å². The van der Waals surface area contributed by atoms with E-state index in [4.69, 9.17) is 4.42 Å². The van der Waals surface area contributed by atoms with Crippen LogP contribution in [0.4, 0.5) is 5.82 Å². The van der Waals surface area contributed by atoms with Gasteiger partial charge in [0.2, 0.25) is 0 Å². The zero-order chi connectivity index (χ0) is 15.4. The van der Waals surface area contributed by atoms with Crippen LogP contribution in [0.2, 0.25) is 0 Å². The van der Waals surface area contributed by atoms with Gasteiger partial charge in [0.05, 0.1) is 28.7 Å². The molecule has 0 atom stereocenters. The average Bonchev–Trinajstić information content (AvgIpc) is 3.11. The van der Waals surface area contributed by atoms with E-state index in [0.29, 0.717) is 6.04 Å². The summed E-state index contributed by atoms with van der Waals surface area (Å²) in [7, 11) is 0. The Morgan fingerprint density at radius 3 is 2.91 bits per heavy atom. The van der Waals surface area contributed by atoms with E-state index in [1.165, 1.54) is 5.52 Å². The molecule has 0 saturated carbocycles. The van der Waals surface area contributed by atoms with E-state index in [-0.39, 0.29) is 0 Å². The third-order valence-corrected chi connectivity index (χ3v) is 4.66. The molecule has 3 aromatic heterocycles. The minimum Gasteiger partial charge on any atom is -0.464 e. The second-order valence-electron chi connectivity index (χ2n) is 6.04. The molecule has 0 spiro atoms. The first kappa shape index (κ1) is 12.7. The summed E-state index contributed by atoms with van der Waals surface area (Å²) in [6.45, 7) is 3.97. The van der Waals surface area contributed by atoms with E-state index in [1.54, 1.807) is 6.26 Å². The van der Waals surface area contributed by atoms with Crippen LogP contribution < -0.4 is 4.90 Å². The molecule has 4 heterocycles. The van der Waals surface area contributed by atoms with Crippen molar-refractivity contribution in [2.75, 3.05) is 18.0 Å². The third-order valence-electron chi connectivity index (χ3n) is 4.66. The SMILES string of the molecule is Cc1nc2ccccc2n1C1CN(c2nccc3occc23)C1. The fraction of sp³-hybridized carbons (Fsp3) is 0.222. The Hall–Kier alpha value is -2.82. The summed E-state index contributed by atoms with van der Waals surface area (Å²) < 4.78 is 7.82. The van der Waals surface area contributed by atoms with Crippen LogP contribution in [0.25, 0.3) is 22.0 Å². The first-order chi connectivity index (χ1) is 11.3. The van der Waals surface area contributed by atoms with Crippen molar-refractivity contribution in [3.63, 3.8) is 0 Å². The zero-order valence-corrected chi connectivity index (χ0v) is 12.8. The molecule has 0 aliphatic carbocycles. The first-order valence-corrected chi connectivity index (χ1v) is 7.82. The van der Waals surface area contributed by atoms with Gasteiger partial charge in [-0.05, 0) is 31.2 Å². The number of furan rings is 1. The number of aromatic nitrogens is 3. The predicted molar refractivity (Wildman–Crippen MR) is 89.7 cm³/mol. The van der Waals surface area contributed by atoms with Crippen molar-refractivity contribution in [1.29, 1.82) is 0 Å². The molecular weight excluding hydrogens is 288 g/mol. The number of hydrogen-bond donors (Lipinski definition) is 0. The molecule has 1 aliphatic heterocycles. The number of para-hydroxylation sites is 2. The molecular formula is C18H16N4O. The normalized spacial score (nSPS) is 15.4. The van der Waals surface area contributed by atoms with Crippen molar-refractivity contribution in [1.82, 2.24) is 14.5 Å². The van der Waals surface area contributed by atoms with Gasteiger partial charge < -0.3 is 13.9 Å². The predicted octanol–water partition coefficient (Wildman–Crippen LogP) is 3.55.